The quantitative estimate of drug-likeness (QED) is 0.225. The van der Waals surface area contributed by atoms with Crippen molar-refractivity contribution in [1.82, 2.24) is 19.6 Å². The number of hydrogen-bond donors (Lipinski definition) is 1. The summed E-state index contributed by atoms with van der Waals surface area (Å²) in [6, 6.07) is 23.3. The standard InChI is InChI=1S/C28H20ClN5O4S/c29-18-11-13-19(14-12-18)30-28-33(15-6-16-38-34-25(35)20-9-4-5-10-21(20)26(34)36)24-23(39-28)22(31-27(37)32-24)17-7-2-1-3-8-17/h1-5,7-14H,6,15-16H2,(H,31,32,37). The van der Waals surface area contributed by atoms with Crippen LogP contribution in [0.3, 0.4) is 0 Å². The van der Waals surface area contributed by atoms with Crippen LogP contribution in [0.1, 0.15) is 27.1 Å². The van der Waals surface area contributed by atoms with Gasteiger partial charge >= 0.3 is 5.69 Å². The lowest BCUT2D eigenvalue weighted by Gasteiger charge is -2.13. The first kappa shape index (κ1) is 24.9. The van der Waals surface area contributed by atoms with Gasteiger partial charge < -0.3 is 9.55 Å². The molecule has 3 heterocycles. The van der Waals surface area contributed by atoms with Crippen molar-refractivity contribution in [2.75, 3.05) is 6.61 Å². The van der Waals surface area contributed by atoms with E-state index < -0.39 is 17.5 Å². The van der Waals surface area contributed by atoms with Crippen LogP contribution < -0.4 is 10.5 Å². The zero-order chi connectivity index (χ0) is 26.9. The van der Waals surface area contributed by atoms with E-state index in [9.17, 15) is 14.4 Å². The Balaban J connectivity index is 1.33. The summed E-state index contributed by atoms with van der Waals surface area (Å²) in [5.74, 6) is -0.966. The molecule has 0 unspecified atom stereocenters. The van der Waals surface area contributed by atoms with Crippen molar-refractivity contribution in [3.63, 3.8) is 0 Å². The van der Waals surface area contributed by atoms with Crippen LogP contribution in [0.4, 0.5) is 5.69 Å². The Morgan fingerprint density at radius 2 is 1.56 bits per heavy atom. The van der Waals surface area contributed by atoms with Crippen molar-refractivity contribution in [2.45, 2.75) is 13.0 Å². The predicted octanol–water partition coefficient (Wildman–Crippen LogP) is 4.96. The van der Waals surface area contributed by atoms with Gasteiger partial charge in [0.2, 0.25) is 0 Å². The fraction of sp³-hybridized carbons (Fsp3) is 0.107. The van der Waals surface area contributed by atoms with E-state index >= 15 is 0 Å². The molecule has 9 nitrogen and oxygen atoms in total. The first-order valence-corrected chi connectivity index (χ1v) is 13.3. The van der Waals surface area contributed by atoms with Crippen molar-refractivity contribution < 1.29 is 14.4 Å². The molecule has 1 aliphatic rings. The highest BCUT2D eigenvalue weighted by Crippen LogP contribution is 2.28. The van der Waals surface area contributed by atoms with Crippen molar-refractivity contribution in [3.8, 4) is 11.3 Å². The highest BCUT2D eigenvalue weighted by Gasteiger charge is 2.36. The van der Waals surface area contributed by atoms with Crippen molar-refractivity contribution in [2.24, 2.45) is 4.99 Å². The third kappa shape index (κ3) is 4.81. The number of fused-ring (bicyclic) bond motifs is 2. The molecule has 0 spiro atoms. The number of amides is 2. The maximum atomic E-state index is 12.6. The molecule has 0 atom stereocenters. The molecule has 194 valence electrons. The van der Waals surface area contributed by atoms with Crippen LogP contribution in [0.5, 0.6) is 0 Å². The molecule has 5 aromatic rings. The highest BCUT2D eigenvalue weighted by atomic mass is 35.5. The molecule has 0 saturated carbocycles. The Bertz CT molecular complexity index is 1810. The second-order valence-electron chi connectivity index (χ2n) is 8.70. The van der Waals surface area contributed by atoms with Gasteiger partial charge in [-0.25, -0.2) is 9.79 Å². The van der Waals surface area contributed by atoms with Crippen LogP contribution in [0.25, 0.3) is 21.6 Å². The molecular weight excluding hydrogens is 538 g/mol. The third-order valence-corrected chi connectivity index (χ3v) is 7.50. The van der Waals surface area contributed by atoms with Gasteiger partial charge in [0.05, 0.1) is 33.8 Å². The van der Waals surface area contributed by atoms with Crippen LogP contribution in [-0.2, 0) is 11.4 Å². The third-order valence-electron chi connectivity index (χ3n) is 6.17. The van der Waals surface area contributed by atoms with E-state index in [1.54, 1.807) is 48.5 Å². The fourth-order valence-electron chi connectivity index (χ4n) is 4.35. The minimum atomic E-state index is -0.483. The second-order valence-corrected chi connectivity index (χ2v) is 10.1. The van der Waals surface area contributed by atoms with E-state index in [4.69, 9.17) is 21.4 Å². The zero-order valence-corrected chi connectivity index (χ0v) is 21.9. The van der Waals surface area contributed by atoms with Gasteiger partial charge in [-0.3, -0.25) is 14.4 Å². The number of hydrogen-bond acceptors (Lipinski definition) is 7. The van der Waals surface area contributed by atoms with E-state index in [-0.39, 0.29) is 6.61 Å². The number of benzene rings is 3. The number of aromatic nitrogens is 3. The van der Waals surface area contributed by atoms with Crippen LogP contribution in [0, 0.1) is 0 Å². The topological polar surface area (TPSA) is 110 Å². The highest BCUT2D eigenvalue weighted by molar-refractivity contribution is 7.16. The summed E-state index contributed by atoms with van der Waals surface area (Å²) < 4.78 is 2.62. The molecule has 1 N–H and O–H groups in total. The molecule has 11 heteroatoms. The van der Waals surface area contributed by atoms with Crippen LogP contribution in [0.15, 0.2) is 88.6 Å². The number of aromatic amines is 1. The zero-order valence-electron chi connectivity index (χ0n) is 20.3. The minimum Gasteiger partial charge on any atom is -0.304 e. The molecule has 1 aliphatic heterocycles. The summed E-state index contributed by atoms with van der Waals surface area (Å²) in [5.41, 5.74) is 2.84. The molecule has 2 aromatic heterocycles. The summed E-state index contributed by atoms with van der Waals surface area (Å²) >= 11 is 7.45. The number of H-pyrrole nitrogens is 1. The number of hydroxylamine groups is 2. The largest absolute Gasteiger partial charge is 0.347 e. The lowest BCUT2D eigenvalue weighted by atomic mass is 10.1. The van der Waals surface area contributed by atoms with Gasteiger partial charge in [-0.1, -0.05) is 65.4 Å². The number of aryl methyl sites for hydroxylation is 1. The average molecular weight is 558 g/mol. The number of carbonyl (C=O) groups excluding carboxylic acids is 2. The number of nitrogens with one attached hydrogen (secondary N) is 1. The van der Waals surface area contributed by atoms with Crippen molar-refractivity contribution in [1.29, 1.82) is 0 Å². The lowest BCUT2D eigenvalue weighted by Crippen LogP contribution is -2.30. The molecule has 2 amide bonds. The van der Waals surface area contributed by atoms with E-state index in [1.165, 1.54) is 11.3 Å². The first-order valence-electron chi connectivity index (χ1n) is 12.1. The molecule has 0 saturated heterocycles. The molecular formula is C28H20ClN5O4S. The number of halogens is 1. The number of nitrogens with zero attached hydrogens (tertiary/aromatic N) is 4. The normalized spacial score (nSPS) is 13.5. The minimum absolute atomic E-state index is 0.0882. The molecule has 0 fully saturated rings. The van der Waals surface area contributed by atoms with Crippen molar-refractivity contribution >= 4 is 50.8 Å². The predicted molar refractivity (Wildman–Crippen MR) is 148 cm³/mol. The molecule has 0 radical (unpaired) electrons. The maximum absolute atomic E-state index is 12.6. The van der Waals surface area contributed by atoms with Gasteiger partial charge in [-0.15, -0.1) is 5.06 Å². The van der Waals surface area contributed by atoms with E-state index in [0.717, 1.165) is 15.3 Å². The van der Waals surface area contributed by atoms with Crippen LogP contribution in [0.2, 0.25) is 5.02 Å². The maximum Gasteiger partial charge on any atom is 0.347 e. The summed E-state index contributed by atoms with van der Waals surface area (Å²) in [7, 11) is 0. The van der Waals surface area contributed by atoms with Gasteiger partial charge in [0.15, 0.2) is 10.4 Å². The fourth-order valence-corrected chi connectivity index (χ4v) is 5.61. The number of carbonyl (C=O) groups is 2. The molecule has 6 rings (SSSR count). The summed E-state index contributed by atoms with van der Waals surface area (Å²) in [6.45, 7) is 0.463. The number of imide groups is 1. The van der Waals surface area contributed by atoms with Crippen molar-refractivity contribution in [3.05, 3.63) is 110 Å². The smallest absolute Gasteiger partial charge is 0.304 e. The monoisotopic (exact) mass is 557 g/mol. The summed E-state index contributed by atoms with van der Waals surface area (Å²) in [5, 5.41) is 1.40. The Morgan fingerprint density at radius 3 is 2.26 bits per heavy atom. The van der Waals surface area contributed by atoms with E-state index in [2.05, 4.69) is 9.97 Å². The SMILES string of the molecule is O=C1c2ccccc2C(=O)N1OCCCn1c(=Nc2ccc(Cl)cc2)sc2c(-c3ccccc3)[nH]c(=O)nc21. The number of rotatable bonds is 7. The molecule has 39 heavy (non-hydrogen) atoms. The Hall–Kier alpha value is -4.38. The Morgan fingerprint density at radius 1 is 0.897 bits per heavy atom. The van der Waals surface area contributed by atoms with E-state index in [0.29, 0.717) is 50.9 Å². The van der Waals surface area contributed by atoms with Gasteiger partial charge in [-0.05, 0) is 48.4 Å². The van der Waals surface area contributed by atoms with Gasteiger partial charge in [0.25, 0.3) is 11.8 Å². The molecule has 0 aliphatic carbocycles. The van der Waals surface area contributed by atoms with Gasteiger partial charge in [0.1, 0.15) is 0 Å². The second kappa shape index (κ2) is 10.4. The summed E-state index contributed by atoms with van der Waals surface area (Å²) in [6.07, 6.45) is 0.419. The Kier molecular flexibility index (Phi) is 6.65. The molecule has 0 bridgehead atoms. The lowest BCUT2D eigenvalue weighted by molar-refractivity contribution is -0.0925. The summed E-state index contributed by atoms with van der Waals surface area (Å²) in [4.78, 5) is 55.9. The Labute approximate surface area is 230 Å². The first-order chi connectivity index (χ1) is 19.0. The van der Waals surface area contributed by atoms with Gasteiger partial charge in [-0.2, -0.15) is 4.98 Å². The number of thiazole rings is 1. The van der Waals surface area contributed by atoms with Crippen LogP contribution in [-0.4, -0.2) is 38.0 Å². The molecule has 3 aromatic carbocycles. The van der Waals surface area contributed by atoms with E-state index in [1.807, 2.05) is 34.9 Å². The van der Waals surface area contributed by atoms with Crippen LogP contribution >= 0.6 is 22.9 Å². The average Bonchev–Trinajstić information content (AvgIpc) is 3.41. The van der Waals surface area contributed by atoms with Gasteiger partial charge in [0, 0.05) is 11.6 Å².